The molecule has 0 aliphatic carbocycles. The van der Waals surface area contributed by atoms with Crippen molar-refractivity contribution in [3.8, 4) is 5.75 Å². The van der Waals surface area contributed by atoms with Crippen LogP contribution in [0.25, 0.3) is 0 Å². The third-order valence-electron chi connectivity index (χ3n) is 5.47. The fourth-order valence-corrected chi connectivity index (χ4v) is 3.93. The Hall–Kier alpha value is -2.89. The maximum atomic E-state index is 13.0. The van der Waals surface area contributed by atoms with Gasteiger partial charge in [0.25, 0.3) is 0 Å². The van der Waals surface area contributed by atoms with Gasteiger partial charge in [0, 0.05) is 19.5 Å². The van der Waals surface area contributed by atoms with Crippen molar-refractivity contribution in [1.29, 1.82) is 0 Å². The van der Waals surface area contributed by atoms with Gasteiger partial charge >= 0.3 is 0 Å². The van der Waals surface area contributed by atoms with Gasteiger partial charge in [-0.2, -0.15) is 0 Å². The van der Waals surface area contributed by atoms with E-state index < -0.39 is 0 Å². The Kier molecular flexibility index (Phi) is 6.86. The Morgan fingerprint density at radius 2 is 1.86 bits per heavy atom. The minimum Gasteiger partial charge on any atom is -0.497 e. The Bertz CT molecular complexity index is 836. The highest BCUT2D eigenvalue weighted by molar-refractivity contribution is 5.85. The SMILES string of the molecule is CCN1C(=O)CC[C@@H](C(=O)NCCc2ccc(F)cc2)[C@@H]1c1ccc(OC)cc1. The van der Waals surface area contributed by atoms with Crippen LogP contribution >= 0.6 is 0 Å². The summed E-state index contributed by atoms with van der Waals surface area (Å²) in [5.74, 6) is 0.169. The lowest BCUT2D eigenvalue weighted by atomic mass is 9.83. The molecule has 0 unspecified atom stereocenters. The first-order valence-corrected chi connectivity index (χ1v) is 9.99. The van der Waals surface area contributed by atoms with Crippen LogP contribution in [0.3, 0.4) is 0 Å². The molecule has 2 amide bonds. The maximum absolute atomic E-state index is 13.0. The molecule has 5 nitrogen and oxygen atoms in total. The van der Waals surface area contributed by atoms with Crippen molar-refractivity contribution >= 4 is 11.8 Å². The fourth-order valence-electron chi connectivity index (χ4n) is 3.93. The Morgan fingerprint density at radius 1 is 1.17 bits per heavy atom. The van der Waals surface area contributed by atoms with Crippen LogP contribution in [0.2, 0.25) is 0 Å². The van der Waals surface area contributed by atoms with Crippen LogP contribution in [0.4, 0.5) is 4.39 Å². The lowest BCUT2D eigenvalue weighted by Gasteiger charge is -2.40. The zero-order valence-electron chi connectivity index (χ0n) is 16.9. The lowest BCUT2D eigenvalue weighted by Crippen LogP contribution is -2.48. The van der Waals surface area contributed by atoms with Gasteiger partial charge in [0.15, 0.2) is 0 Å². The second kappa shape index (κ2) is 9.54. The van der Waals surface area contributed by atoms with Gasteiger partial charge in [-0.25, -0.2) is 4.39 Å². The predicted molar refractivity (Wildman–Crippen MR) is 109 cm³/mol. The molecule has 0 radical (unpaired) electrons. The van der Waals surface area contributed by atoms with Crippen molar-refractivity contribution in [3.05, 3.63) is 65.5 Å². The normalized spacial score (nSPS) is 19.1. The number of piperidine rings is 1. The third kappa shape index (κ3) is 4.94. The zero-order valence-corrected chi connectivity index (χ0v) is 16.9. The quantitative estimate of drug-likeness (QED) is 0.777. The molecular weight excluding hydrogens is 371 g/mol. The fraction of sp³-hybridized carbons (Fsp3) is 0.391. The standard InChI is InChI=1S/C23H27FN2O3/c1-3-26-21(27)13-12-20(22(26)17-6-10-19(29-2)11-7-17)23(28)25-15-14-16-4-8-18(24)9-5-16/h4-11,20,22H,3,12-15H2,1-2H3,(H,25,28)/t20-,22+/m1/s1. The van der Waals surface area contributed by atoms with E-state index in [9.17, 15) is 14.0 Å². The number of hydrogen-bond acceptors (Lipinski definition) is 3. The Morgan fingerprint density at radius 3 is 2.48 bits per heavy atom. The minimum atomic E-state index is -0.311. The van der Waals surface area contributed by atoms with E-state index in [1.807, 2.05) is 31.2 Å². The molecule has 1 heterocycles. The first-order valence-electron chi connectivity index (χ1n) is 9.99. The van der Waals surface area contributed by atoms with Gasteiger partial charge in [0.2, 0.25) is 11.8 Å². The number of methoxy groups -OCH3 is 1. The van der Waals surface area contributed by atoms with Crippen LogP contribution in [0, 0.1) is 11.7 Å². The molecule has 0 bridgehead atoms. The minimum absolute atomic E-state index is 0.0566. The van der Waals surface area contributed by atoms with E-state index in [0.29, 0.717) is 32.4 Å². The highest BCUT2D eigenvalue weighted by Gasteiger charge is 2.39. The molecule has 2 aromatic carbocycles. The van der Waals surface area contributed by atoms with Crippen LogP contribution in [0.15, 0.2) is 48.5 Å². The molecule has 2 atom stereocenters. The number of ether oxygens (including phenoxy) is 1. The summed E-state index contributed by atoms with van der Waals surface area (Å²) in [6.07, 6.45) is 1.52. The summed E-state index contributed by atoms with van der Waals surface area (Å²) in [5, 5.41) is 3.00. The first-order chi connectivity index (χ1) is 14.0. The number of carbonyl (C=O) groups excluding carboxylic acids is 2. The molecule has 1 N–H and O–H groups in total. The third-order valence-corrected chi connectivity index (χ3v) is 5.47. The van der Waals surface area contributed by atoms with Crippen molar-refractivity contribution in [3.63, 3.8) is 0 Å². The maximum Gasteiger partial charge on any atom is 0.225 e. The van der Waals surface area contributed by atoms with E-state index >= 15 is 0 Å². The molecule has 154 valence electrons. The van der Waals surface area contributed by atoms with Crippen molar-refractivity contribution in [1.82, 2.24) is 10.2 Å². The highest BCUT2D eigenvalue weighted by atomic mass is 19.1. The molecule has 0 aromatic heterocycles. The Labute approximate surface area is 170 Å². The summed E-state index contributed by atoms with van der Waals surface area (Å²) in [6, 6.07) is 13.5. The zero-order chi connectivity index (χ0) is 20.8. The van der Waals surface area contributed by atoms with Crippen LogP contribution < -0.4 is 10.1 Å². The van der Waals surface area contributed by atoms with Crippen LogP contribution in [-0.2, 0) is 16.0 Å². The van der Waals surface area contributed by atoms with E-state index in [2.05, 4.69) is 5.32 Å². The number of carbonyl (C=O) groups is 2. The number of hydrogen-bond donors (Lipinski definition) is 1. The molecule has 1 fully saturated rings. The van der Waals surface area contributed by atoms with E-state index in [-0.39, 0.29) is 29.6 Å². The second-order valence-corrected chi connectivity index (χ2v) is 7.21. The monoisotopic (exact) mass is 398 g/mol. The number of nitrogens with zero attached hydrogens (tertiary/aromatic N) is 1. The van der Waals surface area contributed by atoms with Crippen molar-refractivity contribution in [2.45, 2.75) is 32.2 Å². The summed E-state index contributed by atoms with van der Waals surface area (Å²) in [5.41, 5.74) is 1.90. The van der Waals surface area contributed by atoms with E-state index in [4.69, 9.17) is 4.74 Å². The van der Waals surface area contributed by atoms with E-state index in [0.717, 1.165) is 16.9 Å². The number of benzene rings is 2. The summed E-state index contributed by atoms with van der Waals surface area (Å²) in [4.78, 5) is 27.2. The van der Waals surface area contributed by atoms with Gasteiger partial charge in [-0.3, -0.25) is 9.59 Å². The highest BCUT2D eigenvalue weighted by Crippen LogP contribution is 2.37. The summed E-state index contributed by atoms with van der Waals surface area (Å²) < 4.78 is 18.2. The van der Waals surface area contributed by atoms with Crippen molar-refractivity contribution in [2.75, 3.05) is 20.2 Å². The van der Waals surface area contributed by atoms with Gasteiger partial charge in [-0.15, -0.1) is 0 Å². The molecule has 0 saturated carbocycles. The number of amides is 2. The average Bonchev–Trinajstić information content (AvgIpc) is 2.74. The van der Waals surface area contributed by atoms with Crippen molar-refractivity contribution in [2.24, 2.45) is 5.92 Å². The smallest absolute Gasteiger partial charge is 0.225 e. The largest absolute Gasteiger partial charge is 0.497 e. The van der Waals surface area contributed by atoms with Gasteiger partial charge in [-0.05, 0) is 55.2 Å². The number of halogens is 1. The number of rotatable bonds is 7. The van der Waals surface area contributed by atoms with Gasteiger partial charge in [0.05, 0.1) is 19.1 Å². The van der Waals surface area contributed by atoms with E-state index in [1.54, 1.807) is 24.1 Å². The van der Waals surface area contributed by atoms with Crippen LogP contribution in [0.5, 0.6) is 5.75 Å². The molecule has 0 spiro atoms. The number of likely N-dealkylation sites (tertiary alicyclic amines) is 1. The average molecular weight is 398 g/mol. The predicted octanol–water partition coefficient (Wildman–Crippen LogP) is 3.49. The van der Waals surface area contributed by atoms with Gasteiger partial charge < -0.3 is 15.0 Å². The summed E-state index contributed by atoms with van der Waals surface area (Å²) in [7, 11) is 1.61. The second-order valence-electron chi connectivity index (χ2n) is 7.21. The molecule has 1 saturated heterocycles. The summed E-state index contributed by atoms with van der Waals surface area (Å²) in [6.45, 7) is 2.95. The Balaban J connectivity index is 1.72. The first kappa shape index (κ1) is 20.8. The molecule has 1 aliphatic heterocycles. The van der Waals surface area contributed by atoms with E-state index in [1.165, 1.54) is 12.1 Å². The molecule has 3 rings (SSSR count). The molecule has 1 aliphatic rings. The van der Waals surface area contributed by atoms with Crippen LogP contribution in [0.1, 0.15) is 36.9 Å². The van der Waals surface area contributed by atoms with Gasteiger partial charge in [0.1, 0.15) is 11.6 Å². The summed E-state index contributed by atoms with van der Waals surface area (Å²) >= 11 is 0. The molecule has 2 aromatic rings. The number of nitrogens with one attached hydrogen (secondary N) is 1. The lowest BCUT2D eigenvalue weighted by molar-refractivity contribution is -0.143. The van der Waals surface area contributed by atoms with Gasteiger partial charge in [-0.1, -0.05) is 24.3 Å². The van der Waals surface area contributed by atoms with Crippen molar-refractivity contribution < 1.29 is 18.7 Å². The molecule has 6 heteroatoms. The molecular formula is C23H27FN2O3. The molecule has 29 heavy (non-hydrogen) atoms. The van der Waals surface area contributed by atoms with Crippen LogP contribution in [-0.4, -0.2) is 36.9 Å². The topological polar surface area (TPSA) is 58.6 Å².